The van der Waals surface area contributed by atoms with Crippen molar-refractivity contribution in [1.29, 1.82) is 0 Å². The van der Waals surface area contributed by atoms with Gasteiger partial charge in [-0.15, -0.1) is 0 Å². The topological polar surface area (TPSA) is 21.3 Å². The zero-order valence-electron chi connectivity index (χ0n) is 13.1. The van der Waals surface area contributed by atoms with Crippen LogP contribution in [0.4, 0.5) is 0 Å². The molecule has 0 radical (unpaired) electrons. The van der Waals surface area contributed by atoms with Gasteiger partial charge in [-0.25, -0.2) is 0 Å². The minimum Gasteiger partial charge on any atom is -0.497 e. The van der Waals surface area contributed by atoms with Crippen LogP contribution in [0.15, 0.2) is 46.2 Å². The van der Waals surface area contributed by atoms with Crippen molar-refractivity contribution in [3.8, 4) is 0 Å². The monoisotopic (exact) mass is 307 g/mol. The highest BCUT2D eigenvalue weighted by Crippen LogP contribution is 2.26. The van der Waals surface area contributed by atoms with Crippen LogP contribution < -0.4 is 5.32 Å². The molecule has 0 saturated heterocycles. The second-order valence-corrected chi connectivity index (χ2v) is 6.08. The molecule has 0 spiro atoms. The molecule has 0 fully saturated rings. The minimum absolute atomic E-state index is 0.372. The summed E-state index contributed by atoms with van der Waals surface area (Å²) in [5.41, 5.74) is 2.70. The molecule has 0 bridgehead atoms. The molecule has 116 valence electrons. The Bertz CT molecular complexity index is 474. The van der Waals surface area contributed by atoms with E-state index in [1.165, 1.54) is 11.1 Å². The third-order valence-corrected chi connectivity index (χ3v) is 4.57. The summed E-state index contributed by atoms with van der Waals surface area (Å²) in [6, 6.07) is 0.372. The molecule has 2 rings (SSSR count). The third kappa shape index (κ3) is 4.76. The highest BCUT2D eigenvalue weighted by atomic mass is 35.5. The van der Waals surface area contributed by atoms with Crippen molar-refractivity contribution < 1.29 is 4.74 Å². The standard InChI is InChI=1S/C18H26ClNO/c1-14(16-10-4-6-12-18(16)21-2)20-13-7-9-15-8-3-5-11-17(15)19/h6,8,11-12,14,20H,3-5,7,9-10,13H2,1-2H3. The summed E-state index contributed by atoms with van der Waals surface area (Å²) in [5.74, 6) is 1.03. The molecular weight excluding hydrogens is 282 g/mol. The van der Waals surface area contributed by atoms with Gasteiger partial charge in [0.1, 0.15) is 5.76 Å². The lowest BCUT2D eigenvalue weighted by molar-refractivity contribution is 0.294. The molecule has 1 N–H and O–H groups in total. The lowest BCUT2D eigenvalue weighted by Gasteiger charge is -2.22. The molecule has 2 aliphatic carbocycles. The molecular formula is C18H26ClNO. The Morgan fingerprint density at radius 2 is 2.10 bits per heavy atom. The molecule has 1 unspecified atom stereocenters. The van der Waals surface area contributed by atoms with Crippen molar-refractivity contribution in [2.45, 2.75) is 51.5 Å². The van der Waals surface area contributed by atoms with Gasteiger partial charge < -0.3 is 10.1 Å². The maximum atomic E-state index is 6.22. The van der Waals surface area contributed by atoms with E-state index < -0.39 is 0 Å². The Labute approximate surface area is 133 Å². The Kier molecular flexibility index (Phi) is 6.59. The van der Waals surface area contributed by atoms with Crippen LogP contribution in [-0.4, -0.2) is 19.7 Å². The molecule has 0 aromatic rings. The van der Waals surface area contributed by atoms with Gasteiger partial charge in [0.15, 0.2) is 0 Å². The largest absolute Gasteiger partial charge is 0.497 e. The average Bonchev–Trinajstić information content (AvgIpc) is 2.52. The Morgan fingerprint density at radius 1 is 1.29 bits per heavy atom. The fourth-order valence-electron chi connectivity index (χ4n) is 2.93. The number of hydrogen-bond acceptors (Lipinski definition) is 2. The van der Waals surface area contributed by atoms with Crippen molar-refractivity contribution in [2.75, 3.05) is 13.7 Å². The molecule has 0 amide bonds. The molecule has 3 heteroatoms. The van der Waals surface area contributed by atoms with Crippen LogP contribution in [0.5, 0.6) is 0 Å². The number of allylic oxidation sites excluding steroid dienone is 6. The molecule has 0 heterocycles. The first-order chi connectivity index (χ1) is 10.2. The van der Waals surface area contributed by atoms with Gasteiger partial charge in [0.25, 0.3) is 0 Å². The average molecular weight is 308 g/mol. The van der Waals surface area contributed by atoms with Crippen molar-refractivity contribution >= 4 is 11.6 Å². The van der Waals surface area contributed by atoms with Crippen molar-refractivity contribution in [3.05, 3.63) is 46.2 Å². The van der Waals surface area contributed by atoms with E-state index in [9.17, 15) is 0 Å². The Balaban J connectivity index is 1.76. The first kappa shape index (κ1) is 16.4. The lowest BCUT2D eigenvalue weighted by atomic mass is 9.97. The van der Waals surface area contributed by atoms with Gasteiger partial charge >= 0.3 is 0 Å². The Hall–Kier alpha value is -0.990. The number of rotatable bonds is 7. The van der Waals surface area contributed by atoms with Gasteiger partial charge in [0.2, 0.25) is 0 Å². The Morgan fingerprint density at radius 3 is 2.86 bits per heavy atom. The summed E-state index contributed by atoms with van der Waals surface area (Å²) in [7, 11) is 1.75. The summed E-state index contributed by atoms with van der Waals surface area (Å²) in [5, 5.41) is 4.56. The van der Waals surface area contributed by atoms with Gasteiger partial charge in [-0.05, 0) is 69.2 Å². The van der Waals surface area contributed by atoms with E-state index in [4.69, 9.17) is 16.3 Å². The van der Waals surface area contributed by atoms with Crippen molar-refractivity contribution in [3.63, 3.8) is 0 Å². The summed E-state index contributed by atoms with van der Waals surface area (Å²) >= 11 is 6.22. The first-order valence-electron chi connectivity index (χ1n) is 7.94. The van der Waals surface area contributed by atoms with Crippen LogP contribution in [0.2, 0.25) is 0 Å². The summed E-state index contributed by atoms with van der Waals surface area (Å²) < 4.78 is 5.46. The fourth-order valence-corrected chi connectivity index (χ4v) is 3.21. The molecule has 1 atom stereocenters. The van der Waals surface area contributed by atoms with E-state index in [1.54, 1.807) is 7.11 Å². The van der Waals surface area contributed by atoms with Gasteiger partial charge in [0, 0.05) is 11.1 Å². The smallest absolute Gasteiger partial charge is 0.119 e. The second-order valence-electron chi connectivity index (χ2n) is 5.67. The number of hydrogen-bond donors (Lipinski definition) is 1. The number of nitrogens with one attached hydrogen (secondary N) is 1. The highest BCUT2D eigenvalue weighted by molar-refractivity contribution is 6.32. The molecule has 0 aliphatic heterocycles. The lowest BCUT2D eigenvalue weighted by Crippen LogP contribution is -2.30. The van der Waals surface area contributed by atoms with Crippen LogP contribution >= 0.6 is 11.6 Å². The fraction of sp³-hybridized carbons (Fsp3) is 0.556. The quantitative estimate of drug-likeness (QED) is 0.680. The SMILES string of the molecule is COC1=C(C(C)NCCCC2=CCCC=C2Cl)CCC=C1. The predicted octanol–water partition coefficient (Wildman–Crippen LogP) is 4.84. The second kappa shape index (κ2) is 8.45. The van der Waals surface area contributed by atoms with Crippen molar-refractivity contribution in [2.24, 2.45) is 0 Å². The van der Waals surface area contributed by atoms with E-state index >= 15 is 0 Å². The zero-order chi connectivity index (χ0) is 15.1. The summed E-state index contributed by atoms with van der Waals surface area (Å²) in [6.45, 7) is 3.23. The maximum Gasteiger partial charge on any atom is 0.119 e. The van der Waals surface area contributed by atoms with Gasteiger partial charge in [-0.2, -0.15) is 0 Å². The van der Waals surface area contributed by atoms with E-state index in [-0.39, 0.29) is 0 Å². The van der Waals surface area contributed by atoms with Crippen LogP contribution in [0, 0.1) is 0 Å². The molecule has 21 heavy (non-hydrogen) atoms. The first-order valence-corrected chi connectivity index (χ1v) is 8.32. The van der Waals surface area contributed by atoms with Crippen LogP contribution in [0.1, 0.15) is 45.4 Å². The summed E-state index contributed by atoms with van der Waals surface area (Å²) in [4.78, 5) is 0. The van der Waals surface area contributed by atoms with E-state index in [0.717, 1.165) is 55.9 Å². The van der Waals surface area contributed by atoms with Gasteiger partial charge in [-0.1, -0.05) is 29.8 Å². The molecule has 0 aromatic heterocycles. The normalized spacial score (nSPS) is 20.1. The van der Waals surface area contributed by atoms with Gasteiger partial charge in [-0.3, -0.25) is 0 Å². The van der Waals surface area contributed by atoms with Crippen LogP contribution in [0.25, 0.3) is 0 Å². The zero-order valence-corrected chi connectivity index (χ0v) is 13.9. The molecule has 0 aromatic carbocycles. The number of methoxy groups -OCH3 is 1. The minimum atomic E-state index is 0.372. The van der Waals surface area contributed by atoms with Gasteiger partial charge in [0.05, 0.1) is 7.11 Å². The van der Waals surface area contributed by atoms with E-state index in [0.29, 0.717) is 6.04 Å². The number of ether oxygens (including phenoxy) is 1. The van der Waals surface area contributed by atoms with E-state index in [1.807, 2.05) is 0 Å². The van der Waals surface area contributed by atoms with Crippen LogP contribution in [0.3, 0.4) is 0 Å². The highest BCUT2D eigenvalue weighted by Gasteiger charge is 2.15. The third-order valence-electron chi connectivity index (χ3n) is 4.17. The predicted molar refractivity (Wildman–Crippen MR) is 90.4 cm³/mol. The summed E-state index contributed by atoms with van der Waals surface area (Å²) in [6.07, 6.45) is 15.3. The number of halogens is 1. The molecule has 0 saturated carbocycles. The van der Waals surface area contributed by atoms with Crippen LogP contribution in [-0.2, 0) is 4.74 Å². The van der Waals surface area contributed by atoms with Crippen molar-refractivity contribution in [1.82, 2.24) is 5.32 Å². The molecule has 2 aliphatic rings. The van der Waals surface area contributed by atoms with E-state index in [2.05, 4.69) is 36.5 Å². The maximum absolute atomic E-state index is 6.22. The molecule has 2 nitrogen and oxygen atoms in total.